The van der Waals surface area contributed by atoms with Crippen molar-refractivity contribution >= 4 is 51.3 Å². The number of hydrogen-bond donors (Lipinski definition) is 2. The van der Waals surface area contributed by atoms with Crippen LogP contribution in [-0.4, -0.2) is 39.2 Å². The number of para-hydroxylation sites is 1. The average Bonchev–Trinajstić information content (AvgIpc) is 3.11. The number of nitrogens with one attached hydrogen (secondary N) is 2. The molecule has 0 spiro atoms. The Morgan fingerprint density at radius 2 is 2.03 bits per heavy atom. The minimum absolute atomic E-state index is 0.0625. The predicted molar refractivity (Wildman–Crippen MR) is 113 cm³/mol. The van der Waals surface area contributed by atoms with Crippen LogP contribution in [0.5, 0.6) is 0 Å². The summed E-state index contributed by atoms with van der Waals surface area (Å²) in [7, 11) is 0. The van der Waals surface area contributed by atoms with Gasteiger partial charge in [-0.1, -0.05) is 23.9 Å². The average molecular weight is 424 g/mol. The van der Waals surface area contributed by atoms with E-state index in [0.717, 1.165) is 5.52 Å². The normalized spacial score (nSPS) is 11.0. The van der Waals surface area contributed by atoms with Crippen molar-refractivity contribution in [2.75, 3.05) is 17.7 Å². The van der Waals surface area contributed by atoms with Gasteiger partial charge in [0.05, 0.1) is 29.1 Å². The lowest BCUT2D eigenvalue weighted by Gasteiger charge is -2.10. The quantitative estimate of drug-likeness (QED) is 0.274. The van der Waals surface area contributed by atoms with Crippen molar-refractivity contribution in [1.82, 2.24) is 15.0 Å². The van der Waals surface area contributed by atoms with Crippen molar-refractivity contribution in [1.29, 1.82) is 0 Å². The summed E-state index contributed by atoms with van der Waals surface area (Å²) in [6.07, 6.45) is 1.39. The van der Waals surface area contributed by atoms with Gasteiger partial charge in [-0.2, -0.15) is 0 Å². The topological polar surface area (TPSA) is 97.0 Å². The lowest BCUT2D eigenvalue weighted by atomic mass is 10.2. The Labute approximate surface area is 175 Å². The van der Waals surface area contributed by atoms with Gasteiger partial charge >= 0.3 is 5.97 Å². The SMILES string of the molecule is CCOC(=O)c1ccccc1NC(=O)CSc1ncnc2c1[nH]c1ccc(F)cc12. The maximum absolute atomic E-state index is 13.6. The number of halogens is 1. The Balaban J connectivity index is 1.52. The fourth-order valence-electron chi connectivity index (χ4n) is 3.05. The molecule has 2 aromatic carbocycles. The summed E-state index contributed by atoms with van der Waals surface area (Å²) in [6, 6.07) is 11.1. The van der Waals surface area contributed by atoms with E-state index >= 15 is 0 Å². The van der Waals surface area contributed by atoms with Crippen LogP contribution in [-0.2, 0) is 9.53 Å². The lowest BCUT2D eigenvalue weighted by molar-refractivity contribution is -0.113. The number of rotatable bonds is 6. The van der Waals surface area contributed by atoms with E-state index in [-0.39, 0.29) is 24.1 Å². The number of carbonyl (C=O) groups is 2. The van der Waals surface area contributed by atoms with Gasteiger partial charge in [-0.25, -0.2) is 19.2 Å². The van der Waals surface area contributed by atoms with Crippen LogP contribution in [0.25, 0.3) is 21.9 Å². The second-order valence-electron chi connectivity index (χ2n) is 6.32. The van der Waals surface area contributed by atoms with Gasteiger partial charge < -0.3 is 15.0 Å². The Morgan fingerprint density at radius 1 is 1.20 bits per heavy atom. The second kappa shape index (κ2) is 8.50. The molecule has 0 fully saturated rings. The number of fused-ring (bicyclic) bond motifs is 3. The van der Waals surface area contributed by atoms with Gasteiger partial charge in [-0.3, -0.25) is 4.79 Å². The van der Waals surface area contributed by atoms with Gasteiger partial charge in [0.2, 0.25) is 5.91 Å². The molecule has 0 radical (unpaired) electrons. The van der Waals surface area contributed by atoms with Crippen LogP contribution < -0.4 is 5.32 Å². The van der Waals surface area contributed by atoms with Crippen LogP contribution in [0.4, 0.5) is 10.1 Å². The summed E-state index contributed by atoms with van der Waals surface area (Å²) in [4.78, 5) is 36.2. The molecule has 9 heteroatoms. The summed E-state index contributed by atoms with van der Waals surface area (Å²) in [5.41, 5.74) is 2.65. The van der Waals surface area contributed by atoms with E-state index in [2.05, 4.69) is 20.3 Å². The van der Waals surface area contributed by atoms with Gasteiger partial charge in [0, 0.05) is 10.9 Å². The smallest absolute Gasteiger partial charge is 0.340 e. The number of amides is 1. The van der Waals surface area contributed by atoms with Gasteiger partial charge in [0.1, 0.15) is 22.7 Å². The third-order valence-corrected chi connectivity index (χ3v) is 5.33. The number of nitrogens with zero attached hydrogens (tertiary/aromatic N) is 2. The third kappa shape index (κ3) is 3.97. The number of ether oxygens (including phenoxy) is 1. The van der Waals surface area contributed by atoms with Crippen molar-refractivity contribution in [2.45, 2.75) is 11.9 Å². The van der Waals surface area contributed by atoms with Crippen LogP contribution in [0, 0.1) is 5.82 Å². The monoisotopic (exact) mass is 424 g/mol. The van der Waals surface area contributed by atoms with E-state index in [1.54, 1.807) is 37.3 Å². The molecule has 0 aliphatic carbocycles. The fourth-order valence-corrected chi connectivity index (χ4v) is 3.80. The van der Waals surface area contributed by atoms with E-state index in [1.807, 2.05) is 0 Å². The van der Waals surface area contributed by atoms with Crippen LogP contribution >= 0.6 is 11.8 Å². The molecule has 0 bridgehead atoms. The van der Waals surface area contributed by atoms with Crippen molar-refractivity contribution < 1.29 is 18.7 Å². The number of benzene rings is 2. The molecule has 2 heterocycles. The van der Waals surface area contributed by atoms with E-state index in [4.69, 9.17) is 4.74 Å². The van der Waals surface area contributed by atoms with Gasteiger partial charge in [0.25, 0.3) is 0 Å². The zero-order chi connectivity index (χ0) is 21.1. The van der Waals surface area contributed by atoms with Crippen LogP contribution in [0.2, 0.25) is 0 Å². The molecule has 0 aliphatic rings. The molecule has 2 aromatic heterocycles. The van der Waals surface area contributed by atoms with Crippen LogP contribution in [0.1, 0.15) is 17.3 Å². The molecule has 1 amide bonds. The van der Waals surface area contributed by atoms with Gasteiger partial charge in [-0.05, 0) is 37.3 Å². The Morgan fingerprint density at radius 3 is 2.87 bits per heavy atom. The number of esters is 1. The minimum Gasteiger partial charge on any atom is -0.462 e. The second-order valence-corrected chi connectivity index (χ2v) is 7.28. The molecule has 7 nitrogen and oxygen atoms in total. The molecule has 0 saturated carbocycles. The molecule has 0 unspecified atom stereocenters. The number of H-pyrrole nitrogens is 1. The molecule has 0 atom stereocenters. The lowest BCUT2D eigenvalue weighted by Crippen LogP contribution is -2.17. The summed E-state index contributed by atoms with van der Waals surface area (Å²) < 4.78 is 18.6. The largest absolute Gasteiger partial charge is 0.462 e. The summed E-state index contributed by atoms with van der Waals surface area (Å²) in [5, 5.41) is 3.97. The summed E-state index contributed by atoms with van der Waals surface area (Å²) in [5.74, 6) is -1.09. The van der Waals surface area contributed by atoms with Crippen molar-refractivity contribution in [3.8, 4) is 0 Å². The highest BCUT2D eigenvalue weighted by molar-refractivity contribution is 8.00. The zero-order valence-corrected chi connectivity index (χ0v) is 16.8. The van der Waals surface area contributed by atoms with Crippen molar-refractivity contribution in [3.05, 3.63) is 60.2 Å². The number of carbonyl (C=O) groups excluding carboxylic acids is 2. The third-order valence-electron chi connectivity index (χ3n) is 4.35. The Hall–Kier alpha value is -3.46. The first-order valence-electron chi connectivity index (χ1n) is 9.17. The minimum atomic E-state index is -0.496. The Bertz CT molecular complexity index is 1260. The maximum atomic E-state index is 13.6. The molecule has 0 saturated heterocycles. The van der Waals surface area contributed by atoms with Gasteiger partial charge in [0.15, 0.2) is 0 Å². The molecule has 2 N–H and O–H groups in total. The van der Waals surface area contributed by atoms with E-state index < -0.39 is 5.97 Å². The van der Waals surface area contributed by atoms with Crippen molar-refractivity contribution in [3.63, 3.8) is 0 Å². The fraction of sp³-hybridized carbons (Fsp3) is 0.143. The summed E-state index contributed by atoms with van der Waals surface area (Å²) in [6.45, 7) is 1.96. The maximum Gasteiger partial charge on any atom is 0.340 e. The first-order chi connectivity index (χ1) is 14.6. The predicted octanol–water partition coefficient (Wildman–Crippen LogP) is 4.16. The molecular formula is C21H17FN4O3S. The Kier molecular flexibility index (Phi) is 5.62. The zero-order valence-electron chi connectivity index (χ0n) is 15.9. The summed E-state index contributed by atoms with van der Waals surface area (Å²) >= 11 is 1.22. The van der Waals surface area contributed by atoms with Crippen LogP contribution in [0.3, 0.4) is 0 Å². The van der Waals surface area contributed by atoms with Crippen LogP contribution in [0.15, 0.2) is 53.8 Å². The molecule has 0 aliphatic heterocycles. The van der Waals surface area contributed by atoms with E-state index in [9.17, 15) is 14.0 Å². The molecule has 152 valence electrons. The molecule has 4 aromatic rings. The van der Waals surface area contributed by atoms with E-state index in [1.165, 1.54) is 30.2 Å². The van der Waals surface area contributed by atoms with Gasteiger partial charge in [-0.15, -0.1) is 0 Å². The van der Waals surface area contributed by atoms with E-state index in [0.29, 0.717) is 32.7 Å². The van der Waals surface area contributed by atoms with Crippen molar-refractivity contribution in [2.24, 2.45) is 0 Å². The number of aromatic amines is 1. The number of anilines is 1. The molecular weight excluding hydrogens is 407 g/mol. The standard InChI is InChI=1S/C21H17FN4O3S/c1-2-29-21(28)13-5-3-4-6-15(13)25-17(27)10-30-20-19-18(23-11-24-20)14-9-12(22)7-8-16(14)26-19/h3-9,11,26H,2,10H2,1H3,(H,25,27). The molecule has 30 heavy (non-hydrogen) atoms. The molecule has 4 rings (SSSR count). The number of aromatic nitrogens is 3. The number of thioether (sulfide) groups is 1. The highest BCUT2D eigenvalue weighted by atomic mass is 32.2. The number of hydrogen-bond acceptors (Lipinski definition) is 6. The first-order valence-corrected chi connectivity index (χ1v) is 10.2. The highest BCUT2D eigenvalue weighted by Crippen LogP contribution is 2.30. The first kappa shape index (κ1) is 19.8. The highest BCUT2D eigenvalue weighted by Gasteiger charge is 2.16.